The lowest BCUT2D eigenvalue weighted by Gasteiger charge is -2.30. The minimum Gasteiger partial charge on any atom is -0.369 e. The summed E-state index contributed by atoms with van der Waals surface area (Å²) in [7, 11) is -3.35. The summed E-state index contributed by atoms with van der Waals surface area (Å²) in [6.45, 7) is 1.90. The second-order valence-corrected chi connectivity index (χ2v) is 9.01. The summed E-state index contributed by atoms with van der Waals surface area (Å²) < 4.78 is 39.1. The minimum absolute atomic E-state index is 0.0805. The van der Waals surface area contributed by atoms with Gasteiger partial charge in [-0.1, -0.05) is 13.0 Å². The molecule has 1 aromatic carbocycles. The van der Waals surface area contributed by atoms with Crippen molar-refractivity contribution in [2.75, 3.05) is 6.26 Å². The highest BCUT2D eigenvalue weighted by Gasteiger charge is 2.49. The lowest BCUT2D eigenvalue weighted by molar-refractivity contribution is -0.129. The number of hydrogen-bond acceptors (Lipinski definition) is 3. The van der Waals surface area contributed by atoms with Crippen molar-refractivity contribution in [2.45, 2.75) is 32.2 Å². The highest BCUT2D eigenvalue weighted by molar-refractivity contribution is 9.10. The van der Waals surface area contributed by atoms with Gasteiger partial charge < -0.3 is 5.73 Å². The van der Waals surface area contributed by atoms with E-state index >= 15 is 0 Å². The molecule has 1 aliphatic rings. The second kappa shape index (κ2) is 6.49. The molecule has 3 N–H and O–H groups in total. The lowest BCUT2D eigenvalue weighted by Crippen LogP contribution is -2.42. The van der Waals surface area contributed by atoms with Crippen LogP contribution < -0.4 is 10.5 Å². The van der Waals surface area contributed by atoms with E-state index in [2.05, 4.69) is 20.7 Å². The van der Waals surface area contributed by atoms with Gasteiger partial charge in [-0.3, -0.25) is 4.79 Å². The molecule has 128 valence electrons. The fourth-order valence-electron chi connectivity index (χ4n) is 3.46. The summed E-state index contributed by atoms with van der Waals surface area (Å²) in [6, 6.07) is 4.26. The number of nitrogens with two attached hydrogens (primary N) is 1. The molecule has 23 heavy (non-hydrogen) atoms. The summed E-state index contributed by atoms with van der Waals surface area (Å²) in [5.74, 6) is -0.913. The highest BCUT2D eigenvalue weighted by Crippen LogP contribution is 2.46. The van der Waals surface area contributed by atoms with E-state index in [0.29, 0.717) is 23.7 Å². The summed E-state index contributed by atoms with van der Waals surface area (Å²) in [5.41, 5.74) is 5.60. The standard InChI is InChI=1S/C15H20BrFN2O3S/c1-9-5-11(19-23(2,21)22)8-15(9,14(18)20)7-10-3-4-13(17)12(16)6-10/h3-4,6,9,11,19H,5,7-8H2,1-2H3,(H2,18,20)/t9-,11-,15+/m0/s1. The maximum absolute atomic E-state index is 13.4. The zero-order valence-electron chi connectivity index (χ0n) is 13.0. The average molecular weight is 407 g/mol. The van der Waals surface area contributed by atoms with Gasteiger partial charge in [0.25, 0.3) is 0 Å². The van der Waals surface area contributed by atoms with E-state index in [-0.39, 0.29) is 17.8 Å². The molecule has 1 amide bonds. The van der Waals surface area contributed by atoms with Gasteiger partial charge in [-0.15, -0.1) is 0 Å². The zero-order chi connectivity index (χ0) is 17.4. The van der Waals surface area contributed by atoms with E-state index in [1.807, 2.05) is 6.92 Å². The fourth-order valence-corrected chi connectivity index (χ4v) is 4.67. The number of carbonyl (C=O) groups is 1. The van der Waals surface area contributed by atoms with Crippen LogP contribution in [0.4, 0.5) is 4.39 Å². The maximum atomic E-state index is 13.4. The van der Waals surface area contributed by atoms with Gasteiger partial charge in [0.05, 0.1) is 16.1 Å². The Morgan fingerprint density at radius 1 is 1.52 bits per heavy atom. The molecule has 0 bridgehead atoms. The molecule has 8 heteroatoms. The van der Waals surface area contributed by atoms with Crippen LogP contribution in [0.1, 0.15) is 25.3 Å². The first kappa shape index (κ1) is 18.4. The Morgan fingerprint density at radius 2 is 2.17 bits per heavy atom. The molecular formula is C15H20BrFN2O3S. The molecule has 0 aromatic heterocycles. The molecular weight excluding hydrogens is 387 g/mol. The van der Waals surface area contributed by atoms with Gasteiger partial charge in [0.15, 0.2) is 0 Å². The third kappa shape index (κ3) is 4.10. The van der Waals surface area contributed by atoms with Crippen molar-refractivity contribution < 1.29 is 17.6 Å². The van der Waals surface area contributed by atoms with Crippen LogP contribution in [-0.4, -0.2) is 26.6 Å². The molecule has 3 atom stereocenters. The molecule has 1 aliphatic carbocycles. The molecule has 0 aliphatic heterocycles. The van der Waals surface area contributed by atoms with Gasteiger partial charge >= 0.3 is 0 Å². The van der Waals surface area contributed by atoms with Crippen LogP contribution in [0.15, 0.2) is 22.7 Å². The monoisotopic (exact) mass is 406 g/mol. The number of primary amides is 1. The average Bonchev–Trinajstić information content (AvgIpc) is 2.69. The zero-order valence-corrected chi connectivity index (χ0v) is 15.4. The van der Waals surface area contributed by atoms with E-state index in [0.717, 1.165) is 11.8 Å². The summed E-state index contributed by atoms with van der Waals surface area (Å²) in [5, 5.41) is 0. The van der Waals surface area contributed by atoms with Crippen LogP contribution in [-0.2, 0) is 21.2 Å². The SMILES string of the molecule is C[C@H]1C[C@H](NS(C)(=O)=O)C[C@@]1(Cc1ccc(F)c(Br)c1)C(N)=O. The van der Waals surface area contributed by atoms with E-state index in [9.17, 15) is 17.6 Å². The molecule has 1 fully saturated rings. The normalized spacial score (nSPS) is 28.0. The number of amides is 1. The molecule has 0 unspecified atom stereocenters. The van der Waals surface area contributed by atoms with Gasteiger partial charge in [0, 0.05) is 6.04 Å². The predicted molar refractivity (Wildman–Crippen MR) is 89.6 cm³/mol. The Morgan fingerprint density at radius 3 is 2.70 bits per heavy atom. The summed E-state index contributed by atoms with van der Waals surface area (Å²) >= 11 is 3.13. The maximum Gasteiger partial charge on any atom is 0.224 e. The van der Waals surface area contributed by atoms with Crippen molar-refractivity contribution in [1.82, 2.24) is 4.72 Å². The molecule has 0 saturated heterocycles. The van der Waals surface area contributed by atoms with Crippen molar-refractivity contribution in [2.24, 2.45) is 17.1 Å². The van der Waals surface area contributed by atoms with E-state index in [1.165, 1.54) is 6.07 Å². The Balaban J connectivity index is 2.29. The Bertz CT molecular complexity index is 725. The Labute approximate surface area is 144 Å². The number of halogens is 2. The van der Waals surface area contributed by atoms with Gasteiger partial charge in [-0.05, 0) is 58.8 Å². The smallest absolute Gasteiger partial charge is 0.224 e. The molecule has 0 heterocycles. The van der Waals surface area contributed by atoms with Crippen LogP contribution in [0.3, 0.4) is 0 Å². The quantitative estimate of drug-likeness (QED) is 0.782. The van der Waals surface area contributed by atoms with Crippen molar-refractivity contribution in [3.8, 4) is 0 Å². The first-order chi connectivity index (χ1) is 10.5. The Hall–Kier alpha value is -0.990. The number of nitrogens with one attached hydrogen (secondary N) is 1. The Kier molecular flexibility index (Phi) is 5.18. The third-order valence-corrected chi connectivity index (χ3v) is 5.94. The van der Waals surface area contributed by atoms with Crippen molar-refractivity contribution in [3.63, 3.8) is 0 Å². The molecule has 5 nitrogen and oxygen atoms in total. The second-order valence-electron chi connectivity index (χ2n) is 6.37. The van der Waals surface area contributed by atoms with Crippen LogP contribution in [0.5, 0.6) is 0 Å². The van der Waals surface area contributed by atoms with Gasteiger partial charge in [0.1, 0.15) is 5.82 Å². The van der Waals surface area contributed by atoms with Crippen molar-refractivity contribution in [3.05, 3.63) is 34.1 Å². The summed E-state index contributed by atoms with van der Waals surface area (Å²) in [6.07, 6.45) is 2.33. The molecule has 1 aromatic rings. The molecule has 1 saturated carbocycles. The van der Waals surface area contributed by atoms with Gasteiger partial charge in [-0.25, -0.2) is 17.5 Å². The number of rotatable bonds is 5. The number of hydrogen-bond donors (Lipinski definition) is 2. The summed E-state index contributed by atoms with van der Waals surface area (Å²) in [4.78, 5) is 12.2. The largest absolute Gasteiger partial charge is 0.369 e. The van der Waals surface area contributed by atoms with Crippen LogP contribution in [0.25, 0.3) is 0 Å². The van der Waals surface area contributed by atoms with Crippen LogP contribution in [0, 0.1) is 17.2 Å². The number of carbonyl (C=O) groups excluding carboxylic acids is 1. The van der Waals surface area contributed by atoms with Crippen LogP contribution in [0.2, 0.25) is 0 Å². The first-order valence-corrected chi connectivity index (χ1v) is 9.93. The van der Waals surface area contributed by atoms with E-state index in [4.69, 9.17) is 5.73 Å². The molecule has 2 rings (SSSR count). The minimum atomic E-state index is -3.35. The number of sulfonamides is 1. The molecule has 0 radical (unpaired) electrons. The molecule has 0 spiro atoms. The van der Waals surface area contributed by atoms with Crippen LogP contribution >= 0.6 is 15.9 Å². The number of benzene rings is 1. The predicted octanol–water partition coefficient (Wildman–Crippen LogP) is 1.95. The highest BCUT2D eigenvalue weighted by atomic mass is 79.9. The third-order valence-electron chi connectivity index (χ3n) is 4.57. The topological polar surface area (TPSA) is 89.3 Å². The van der Waals surface area contributed by atoms with Gasteiger partial charge in [0.2, 0.25) is 15.9 Å². The van der Waals surface area contributed by atoms with E-state index < -0.39 is 21.3 Å². The first-order valence-electron chi connectivity index (χ1n) is 7.24. The van der Waals surface area contributed by atoms with Gasteiger partial charge in [-0.2, -0.15) is 0 Å². The van der Waals surface area contributed by atoms with Crippen molar-refractivity contribution >= 4 is 31.9 Å². The lowest BCUT2D eigenvalue weighted by atomic mass is 9.73. The van der Waals surface area contributed by atoms with Crippen molar-refractivity contribution in [1.29, 1.82) is 0 Å². The fraction of sp³-hybridized carbons (Fsp3) is 0.533. The van der Waals surface area contributed by atoms with E-state index in [1.54, 1.807) is 12.1 Å².